The summed E-state index contributed by atoms with van der Waals surface area (Å²) in [5.41, 5.74) is -0.249. The monoisotopic (exact) mass is 376 g/mol. The molecule has 0 aromatic heterocycles. The molecule has 130 valence electrons. The summed E-state index contributed by atoms with van der Waals surface area (Å²) in [4.78, 5) is 0.0124. The lowest BCUT2D eigenvalue weighted by Gasteiger charge is -2.26. The van der Waals surface area contributed by atoms with Gasteiger partial charge in [0.15, 0.2) is 21.4 Å². The van der Waals surface area contributed by atoms with Gasteiger partial charge >= 0.3 is 0 Å². The van der Waals surface area contributed by atoms with E-state index in [4.69, 9.17) is 21.4 Å². The minimum atomic E-state index is -3.88. The minimum Gasteiger partial charge on any atom is -0.490 e. The van der Waals surface area contributed by atoms with Gasteiger partial charge in [0.25, 0.3) is 0 Å². The summed E-state index contributed by atoms with van der Waals surface area (Å²) >= 11 is 5.75. The first-order valence-corrected chi connectivity index (χ1v) is 8.88. The second-order valence-electron chi connectivity index (χ2n) is 4.90. The number of fused-ring (bicyclic) bond motifs is 1. The van der Waals surface area contributed by atoms with Crippen LogP contribution in [0, 0.1) is 11.6 Å². The van der Waals surface area contributed by atoms with E-state index in [1.165, 1.54) is 24.3 Å². The maximum atomic E-state index is 14.1. The van der Waals surface area contributed by atoms with Gasteiger partial charge < -0.3 is 9.84 Å². The molecule has 0 fully saturated rings. The van der Waals surface area contributed by atoms with Crippen LogP contribution in [-0.4, -0.2) is 27.2 Å². The summed E-state index contributed by atoms with van der Waals surface area (Å²) < 4.78 is 58.4. The fraction of sp³-hybridized carbons (Fsp3) is 0.250. The lowest BCUT2D eigenvalue weighted by atomic mass is 10.0. The lowest BCUT2D eigenvalue weighted by molar-refractivity contribution is 0.264. The Morgan fingerprint density at radius 2 is 1.67 bits per heavy atom. The van der Waals surface area contributed by atoms with Crippen molar-refractivity contribution in [1.82, 2.24) is 0 Å². The number of rotatable bonds is 2. The molecule has 3 rings (SSSR count). The summed E-state index contributed by atoms with van der Waals surface area (Å²) in [6.07, 6.45) is 0.0539. The van der Waals surface area contributed by atoms with Gasteiger partial charge in [-0.05, 0) is 36.4 Å². The molecule has 0 saturated heterocycles. The molecule has 24 heavy (non-hydrogen) atoms. The molecule has 0 radical (unpaired) electrons. The summed E-state index contributed by atoms with van der Waals surface area (Å²) in [6, 6.07) is 7.42. The van der Waals surface area contributed by atoms with Crippen molar-refractivity contribution in [3.05, 3.63) is 58.6 Å². The predicted octanol–water partition coefficient (Wildman–Crippen LogP) is 3.52. The van der Waals surface area contributed by atoms with Crippen molar-refractivity contribution in [2.45, 2.75) is 16.6 Å². The van der Waals surface area contributed by atoms with Crippen LogP contribution in [0.25, 0.3) is 0 Å². The summed E-state index contributed by atoms with van der Waals surface area (Å²) in [5.74, 6) is -1.89. The third kappa shape index (κ3) is 3.38. The van der Waals surface area contributed by atoms with Crippen molar-refractivity contribution < 1.29 is 27.0 Å². The Morgan fingerprint density at radius 3 is 2.29 bits per heavy atom. The van der Waals surface area contributed by atoms with Crippen LogP contribution < -0.4 is 4.74 Å². The van der Waals surface area contributed by atoms with E-state index >= 15 is 0 Å². The molecule has 0 bridgehead atoms. The highest BCUT2D eigenvalue weighted by atomic mass is 35.5. The zero-order valence-corrected chi connectivity index (χ0v) is 14.2. The standard InChI is InChI=1S/C15H11ClF2O3S.CH4O/c16-9-1-3-10(4-2-9)22(19,20)13-7-8-21-15-12(18)6-5-11(17)14(13)15;1-2/h1-6,13H,7-8H2;2H,1H3. The highest BCUT2D eigenvalue weighted by Crippen LogP contribution is 2.42. The highest BCUT2D eigenvalue weighted by Gasteiger charge is 2.37. The molecule has 1 unspecified atom stereocenters. The average Bonchev–Trinajstić information content (AvgIpc) is 2.60. The summed E-state index contributed by atoms with van der Waals surface area (Å²) in [6.45, 7) is 0.00482. The van der Waals surface area contributed by atoms with Gasteiger partial charge in [-0.2, -0.15) is 0 Å². The predicted molar refractivity (Wildman–Crippen MR) is 86.0 cm³/mol. The van der Waals surface area contributed by atoms with Crippen LogP contribution >= 0.6 is 11.6 Å². The van der Waals surface area contributed by atoms with Crippen LogP contribution in [0.5, 0.6) is 5.75 Å². The number of halogens is 3. The van der Waals surface area contributed by atoms with E-state index in [0.717, 1.165) is 19.2 Å². The Kier molecular flexibility index (Phi) is 5.79. The van der Waals surface area contributed by atoms with Gasteiger partial charge in [0.05, 0.1) is 17.1 Å². The van der Waals surface area contributed by atoms with Crippen LogP contribution in [0.15, 0.2) is 41.3 Å². The number of ether oxygens (including phenoxy) is 1. The van der Waals surface area contributed by atoms with Crippen molar-refractivity contribution in [2.75, 3.05) is 13.7 Å². The number of sulfone groups is 1. The zero-order chi connectivity index (χ0) is 17.9. The van der Waals surface area contributed by atoms with Crippen LogP contribution in [-0.2, 0) is 9.84 Å². The summed E-state index contributed by atoms with van der Waals surface area (Å²) in [7, 11) is -2.88. The molecule has 0 saturated carbocycles. The molecular weight excluding hydrogens is 362 g/mol. The molecule has 8 heteroatoms. The normalized spacial score (nSPS) is 16.5. The Labute approximate surface area is 143 Å². The van der Waals surface area contributed by atoms with Crippen molar-refractivity contribution in [3.8, 4) is 5.75 Å². The van der Waals surface area contributed by atoms with E-state index in [1.807, 2.05) is 0 Å². The quantitative estimate of drug-likeness (QED) is 0.871. The second-order valence-corrected chi connectivity index (χ2v) is 7.46. The molecule has 1 N–H and O–H groups in total. The Morgan fingerprint density at radius 1 is 1.08 bits per heavy atom. The molecule has 1 aliphatic heterocycles. The van der Waals surface area contributed by atoms with Gasteiger partial charge in [-0.25, -0.2) is 17.2 Å². The number of hydrogen-bond donors (Lipinski definition) is 1. The first kappa shape index (κ1) is 18.6. The highest BCUT2D eigenvalue weighted by molar-refractivity contribution is 7.91. The molecule has 0 aliphatic carbocycles. The van der Waals surface area contributed by atoms with E-state index in [0.29, 0.717) is 5.02 Å². The first-order valence-electron chi connectivity index (χ1n) is 6.96. The molecule has 1 aliphatic rings. The molecule has 1 atom stereocenters. The van der Waals surface area contributed by atoms with E-state index in [9.17, 15) is 17.2 Å². The summed E-state index contributed by atoms with van der Waals surface area (Å²) in [5, 5.41) is 6.21. The van der Waals surface area contributed by atoms with Gasteiger partial charge in [0.1, 0.15) is 11.1 Å². The maximum absolute atomic E-state index is 14.1. The van der Waals surface area contributed by atoms with E-state index in [-0.39, 0.29) is 29.2 Å². The molecule has 2 aromatic carbocycles. The molecule has 2 aromatic rings. The van der Waals surface area contributed by atoms with E-state index < -0.39 is 26.7 Å². The molecule has 4 nitrogen and oxygen atoms in total. The van der Waals surface area contributed by atoms with Crippen LogP contribution in [0.4, 0.5) is 8.78 Å². The smallest absolute Gasteiger partial charge is 0.185 e. The molecular formula is C16H15ClF2O4S. The maximum Gasteiger partial charge on any atom is 0.185 e. The average molecular weight is 377 g/mol. The third-order valence-corrected chi connectivity index (χ3v) is 5.96. The SMILES string of the molecule is CO.O=S(=O)(c1ccc(Cl)cc1)C1CCOc2c(F)ccc(F)c21. The van der Waals surface area contributed by atoms with Gasteiger partial charge in [0.2, 0.25) is 0 Å². The Bertz CT molecular complexity index is 823. The third-order valence-electron chi connectivity index (χ3n) is 3.56. The van der Waals surface area contributed by atoms with Crippen molar-refractivity contribution >= 4 is 21.4 Å². The van der Waals surface area contributed by atoms with E-state index in [1.54, 1.807) is 0 Å². The van der Waals surface area contributed by atoms with Crippen molar-refractivity contribution in [2.24, 2.45) is 0 Å². The molecule has 0 amide bonds. The van der Waals surface area contributed by atoms with Gasteiger partial charge in [-0.1, -0.05) is 11.6 Å². The topological polar surface area (TPSA) is 63.6 Å². The molecule has 1 heterocycles. The zero-order valence-electron chi connectivity index (χ0n) is 12.7. The second kappa shape index (κ2) is 7.46. The van der Waals surface area contributed by atoms with Crippen LogP contribution in [0.2, 0.25) is 5.02 Å². The van der Waals surface area contributed by atoms with Crippen molar-refractivity contribution in [1.29, 1.82) is 0 Å². The number of aliphatic hydroxyl groups excluding tert-OH is 1. The number of benzene rings is 2. The largest absolute Gasteiger partial charge is 0.490 e. The van der Waals surface area contributed by atoms with Gasteiger partial charge in [-0.3, -0.25) is 0 Å². The minimum absolute atomic E-state index is 0.00482. The van der Waals surface area contributed by atoms with Gasteiger partial charge in [0, 0.05) is 18.6 Å². The fourth-order valence-electron chi connectivity index (χ4n) is 2.51. The lowest BCUT2D eigenvalue weighted by Crippen LogP contribution is -2.23. The van der Waals surface area contributed by atoms with Crippen molar-refractivity contribution in [3.63, 3.8) is 0 Å². The van der Waals surface area contributed by atoms with Crippen LogP contribution in [0.3, 0.4) is 0 Å². The Balaban J connectivity index is 0.00000100. The number of aliphatic hydroxyl groups is 1. The molecule has 0 spiro atoms. The Hall–Kier alpha value is -1.70. The first-order chi connectivity index (χ1) is 11.4. The number of hydrogen-bond acceptors (Lipinski definition) is 4. The van der Waals surface area contributed by atoms with Crippen LogP contribution in [0.1, 0.15) is 17.2 Å². The van der Waals surface area contributed by atoms with Gasteiger partial charge in [-0.15, -0.1) is 0 Å². The fourth-order valence-corrected chi connectivity index (χ4v) is 4.41. The van der Waals surface area contributed by atoms with E-state index in [2.05, 4.69) is 0 Å².